The zero-order valence-electron chi connectivity index (χ0n) is 19.2. The first kappa shape index (κ1) is 20.7. The van der Waals surface area contributed by atoms with Gasteiger partial charge in [-0.15, -0.1) is 0 Å². The lowest BCUT2D eigenvalue weighted by atomic mass is 9.41. The summed E-state index contributed by atoms with van der Waals surface area (Å²) in [6.45, 7) is 9.85. The van der Waals surface area contributed by atoms with E-state index in [9.17, 15) is 0 Å². The maximum absolute atomic E-state index is 2.65. The second-order valence-corrected chi connectivity index (χ2v) is 10.7. The predicted octanol–water partition coefficient (Wildman–Crippen LogP) is 8.53. The second-order valence-electron chi connectivity index (χ2n) is 10.7. The molecule has 156 valence electrons. The summed E-state index contributed by atoms with van der Waals surface area (Å²) in [4.78, 5) is 0. The van der Waals surface area contributed by atoms with E-state index in [1.165, 1.54) is 75.3 Å². The first-order chi connectivity index (χ1) is 13.9. The monoisotopic (exact) mass is 388 g/mol. The van der Waals surface area contributed by atoms with Crippen molar-refractivity contribution in [2.75, 3.05) is 0 Å². The van der Waals surface area contributed by atoms with E-state index in [-0.39, 0.29) is 5.41 Å². The fourth-order valence-corrected chi connectivity index (χ4v) is 7.46. The van der Waals surface area contributed by atoms with Gasteiger partial charge in [0.25, 0.3) is 0 Å². The van der Waals surface area contributed by atoms with Crippen molar-refractivity contribution in [3.8, 4) is 0 Å². The van der Waals surface area contributed by atoms with Crippen LogP contribution in [0.5, 0.6) is 0 Å². The van der Waals surface area contributed by atoms with Crippen LogP contribution in [0.2, 0.25) is 0 Å². The third-order valence-electron chi connectivity index (χ3n) is 8.63. The van der Waals surface area contributed by atoms with E-state index in [0.717, 1.165) is 0 Å². The summed E-state index contributed by atoms with van der Waals surface area (Å²) < 4.78 is 0. The third kappa shape index (κ3) is 3.37. The highest BCUT2D eigenvalue weighted by atomic mass is 14.6. The minimum absolute atomic E-state index is 0.0822. The highest BCUT2D eigenvalue weighted by Gasteiger charge is 2.60. The molecule has 0 N–H and O–H groups in total. The molecule has 4 rings (SSSR count). The van der Waals surface area contributed by atoms with Gasteiger partial charge in [-0.1, -0.05) is 112 Å². The smallest absolute Gasteiger partial charge is 0.0310 e. The summed E-state index contributed by atoms with van der Waals surface area (Å²) in [7, 11) is 0. The SMILES string of the molecule is Cc1cccc(C(c2cccc(C)c2)(C2(C)CCCCC2)C2(C)CCCCC2)c1. The fraction of sp³-hybridized carbons (Fsp3) is 0.586. The first-order valence-corrected chi connectivity index (χ1v) is 12.1. The Balaban J connectivity index is 2.07. The molecule has 0 radical (unpaired) electrons. The number of hydrogen-bond acceptors (Lipinski definition) is 0. The number of benzene rings is 2. The molecule has 0 heteroatoms. The predicted molar refractivity (Wildman–Crippen MR) is 126 cm³/mol. The average Bonchev–Trinajstić information content (AvgIpc) is 2.69. The lowest BCUT2D eigenvalue weighted by Crippen LogP contribution is -2.57. The maximum atomic E-state index is 2.65. The van der Waals surface area contributed by atoms with Gasteiger partial charge in [-0.05, 0) is 61.5 Å². The highest BCUT2D eigenvalue weighted by Crippen LogP contribution is 2.66. The Kier molecular flexibility index (Phi) is 5.66. The van der Waals surface area contributed by atoms with Gasteiger partial charge in [0.1, 0.15) is 0 Å². The fourth-order valence-electron chi connectivity index (χ4n) is 7.46. The number of rotatable bonds is 4. The summed E-state index contributed by atoms with van der Waals surface area (Å²) in [5, 5.41) is 0. The van der Waals surface area contributed by atoms with Crippen molar-refractivity contribution >= 4 is 0 Å². The van der Waals surface area contributed by atoms with Crippen LogP contribution in [0.3, 0.4) is 0 Å². The molecule has 0 amide bonds. The average molecular weight is 389 g/mol. The van der Waals surface area contributed by atoms with Gasteiger partial charge in [0, 0.05) is 5.41 Å². The van der Waals surface area contributed by atoms with E-state index in [2.05, 4.69) is 76.2 Å². The molecule has 0 atom stereocenters. The first-order valence-electron chi connectivity index (χ1n) is 12.1. The highest BCUT2D eigenvalue weighted by molar-refractivity contribution is 5.48. The van der Waals surface area contributed by atoms with Crippen molar-refractivity contribution in [1.82, 2.24) is 0 Å². The molecule has 2 aromatic carbocycles. The molecule has 0 nitrogen and oxygen atoms in total. The van der Waals surface area contributed by atoms with E-state index in [1.807, 2.05) is 0 Å². The maximum Gasteiger partial charge on any atom is 0.0310 e. The van der Waals surface area contributed by atoms with Crippen molar-refractivity contribution in [2.45, 2.75) is 97.3 Å². The van der Waals surface area contributed by atoms with Crippen molar-refractivity contribution < 1.29 is 0 Å². The van der Waals surface area contributed by atoms with Crippen LogP contribution in [-0.4, -0.2) is 0 Å². The van der Waals surface area contributed by atoms with Crippen LogP contribution in [0.1, 0.15) is 100 Å². The van der Waals surface area contributed by atoms with Crippen LogP contribution in [0.15, 0.2) is 48.5 Å². The van der Waals surface area contributed by atoms with E-state index in [1.54, 1.807) is 11.1 Å². The molecule has 0 saturated heterocycles. The van der Waals surface area contributed by atoms with Crippen LogP contribution in [0.25, 0.3) is 0 Å². The van der Waals surface area contributed by atoms with E-state index in [0.29, 0.717) is 10.8 Å². The number of aryl methyl sites for hydroxylation is 2. The van der Waals surface area contributed by atoms with Gasteiger partial charge in [-0.2, -0.15) is 0 Å². The van der Waals surface area contributed by atoms with Gasteiger partial charge in [0.05, 0.1) is 0 Å². The Morgan fingerprint density at radius 2 is 0.966 bits per heavy atom. The van der Waals surface area contributed by atoms with Gasteiger partial charge >= 0.3 is 0 Å². The van der Waals surface area contributed by atoms with Gasteiger partial charge in [0.2, 0.25) is 0 Å². The molecule has 2 aliphatic carbocycles. The largest absolute Gasteiger partial charge is 0.0617 e. The summed E-state index contributed by atoms with van der Waals surface area (Å²) in [6, 6.07) is 19.2. The van der Waals surface area contributed by atoms with E-state index < -0.39 is 0 Å². The molecule has 0 unspecified atom stereocenters. The standard InChI is InChI=1S/C29H40/c1-23-13-11-15-25(21-23)29(26-16-12-14-24(2)22-26,27(3)17-7-5-8-18-27)28(4)19-9-6-10-20-28/h11-16,21-22H,5-10,17-20H2,1-4H3. The molecule has 0 bridgehead atoms. The Morgan fingerprint density at radius 3 is 1.31 bits per heavy atom. The molecule has 0 heterocycles. The molecular formula is C29H40. The van der Waals surface area contributed by atoms with Crippen LogP contribution >= 0.6 is 0 Å². The summed E-state index contributed by atoms with van der Waals surface area (Å²) in [5.74, 6) is 0. The Labute approximate surface area is 179 Å². The molecule has 2 saturated carbocycles. The minimum Gasteiger partial charge on any atom is -0.0617 e. The van der Waals surface area contributed by atoms with E-state index >= 15 is 0 Å². The quantitative estimate of drug-likeness (QED) is 0.492. The zero-order chi connectivity index (χ0) is 20.5. The van der Waals surface area contributed by atoms with Gasteiger partial charge in [0.15, 0.2) is 0 Å². The van der Waals surface area contributed by atoms with Crippen molar-refractivity contribution in [3.05, 3.63) is 70.8 Å². The normalized spacial score (nSPS) is 21.7. The van der Waals surface area contributed by atoms with Crippen molar-refractivity contribution in [3.63, 3.8) is 0 Å². The molecule has 29 heavy (non-hydrogen) atoms. The topological polar surface area (TPSA) is 0 Å². The second kappa shape index (κ2) is 7.93. The Hall–Kier alpha value is -1.56. The molecule has 0 aliphatic heterocycles. The van der Waals surface area contributed by atoms with Crippen molar-refractivity contribution in [2.24, 2.45) is 10.8 Å². The molecule has 0 aromatic heterocycles. The molecule has 2 fully saturated rings. The van der Waals surface area contributed by atoms with E-state index in [4.69, 9.17) is 0 Å². The van der Waals surface area contributed by atoms with Gasteiger partial charge in [-0.25, -0.2) is 0 Å². The summed E-state index contributed by atoms with van der Waals surface area (Å²) in [6.07, 6.45) is 13.7. The molecule has 2 aliphatic rings. The van der Waals surface area contributed by atoms with Crippen molar-refractivity contribution in [1.29, 1.82) is 0 Å². The van der Waals surface area contributed by atoms with Crippen LogP contribution in [0, 0.1) is 24.7 Å². The lowest BCUT2D eigenvalue weighted by molar-refractivity contribution is -0.0169. The molecule has 0 spiro atoms. The minimum atomic E-state index is 0.0822. The lowest BCUT2D eigenvalue weighted by Gasteiger charge is -2.62. The van der Waals surface area contributed by atoms with Crippen LogP contribution in [-0.2, 0) is 5.41 Å². The van der Waals surface area contributed by atoms with Gasteiger partial charge < -0.3 is 0 Å². The number of hydrogen-bond donors (Lipinski definition) is 0. The van der Waals surface area contributed by atoms with Gasteiger partial charge in [-0.3, -0.25) is 0 Å². The molecular weight excluding hydrogens is 348 g/mol. The summed E-state index contributed by atoms with van der Waals surface area (Å²) >= 11 is 0. The Morgan fingerprint density at radius 1 is 0.586 bits per heavy atom. The molecule has 2 aromatic rings. The Bertz CT molecular complexity index is 759. The third-order valence-corrected chi connectivity index (χ3v) is 8.63. The summed E-state index contributed by atoms with van der Waals surface area (Å²) in [5.41, 5.74) is 6.65. The zero-order valence-corrected chi connectivity index (χ0v) is 19.2. The van der Waals surface area contributed by atoms with Crippen LogP contribution < -0.4 is 0 Å². The van der Waals surface area contributed by atoms with Crippen LogP contribution in [0.4, 0.5) is 0 Å².